The number of aryl methyl sites for hydroxylation is 2. The fraction of sp³-hybridized carbons (Fsp3) is 0.154. The number of benzene rings is 1. The number of para-hydroxylation sites is 1. The summed E-state index contributed by atoms with van der Waals surface area (Å²) in [5.41, 5.74) is 1.26. The zero-order valence-corrected chi connectivity index (χ0v) is 11.4. The lowest BCUT2D eigenvalue weighted by Gasteiger charge is -2.04. The van der Waals surface area contributed by atoms with Crippen molar-refractivity contribution in [2.24, 2.45) is 0 Å². The Balaban J connectivity index is 1.88. The number of carbonyl (C=O) groups excluding carboxylic acids is 1. The Morgan fingerprint density at radius 1 is 1.24 bits per heavy atom. The molecule has 1 amide bonds. The minimum atomic E-state index is -0.444. The van der Waals surface area contributed by atoms with Crippen molar-refractivity contribution >= 4 is 11.9 Å². The Bertz CT molecular complexity index is 777. The maximum absolute atomic E-state index is 12.2. The molecule has 0 unspecified atom stereocenters. The van der Waals surface area contributed by atoms with Gasteiger partial charge >= 0.3 is 0 Å². The largest absolute Gasteiger partial charge is 0.436 e. The average molecular weight is 284 g/mol. The van der Waals surface area contributed by atoms with Gasteiger partial charge in [0.25, 0.3) is 11.9 Å². The summed E-state index contributed by atoms with van der Waals surface area (Å²) in [6.45, 7) is 3.38. The maximum atomic E-state index is 12.2. The molecule has 106 valence electrons. The molecule has 0 bridgehead atoms. The van der Waals surface area contributed by atoms with Gasteiger partial charge in [-0.25, -0.2) is 4.98 Å². The second-order valence-electron chi connectivity index (χ2n) is 4.35. The van der Waals surface area contributed by atoms with Gasteiger partial charge in [-0.1, -0.05) is 23.3 Å². The molecule has 8 nitrogen and oxygen atoms in total. The lowest BCUT2D eigenvalue weighted by molar-refractivity contribution is 0.0993. The van der Waals surface area contributed by atoms with Crippen LogP contribution in [-0.4, -0.2) is 31.1 Å². The molecule has 1 aromatic carbocycles. The number of nitrogens with zero attached hydrogens (tertiary/aromatic N) is 5. The summed E-state index contributed by atoms with van der Waals surface area (Å²) in [6, 6.07) is 9.25. The van der Waals surface area contributed by atoms with Crippen LogP contribution in [0.5, 0.6) is 0 Å². The molecule has 0 saturated carbocycles. The molecule has 0 aliphatic rings. The smallest absolute Gasteiger partial charge is 0.295 e. The molecule has 2 heterocycles. The third-order valence-electron chi connectivity index (χ3n) is 2.81. The van der Waals surface area contributed by atoms with Crippen molar-refractivity contribution in [2.75, 3.05) is 5.32 Å². The molecule has 0 spiro atoms. The van der Waals surface area contributed by atoms with Crippen LogP contribution in [0.4, 0.5) is 5.95 Å². The fourth-order valence-electron chi connectivity index (χ4n) is 1.91. The summed E-state index contributed by atoms with van der Waals surface area (Å²) in [4.78, 5) is 16.2. The van der Waals surface area contributed by atoms with E-state index in [0.29, 0.717) is 11.6 Å². The Morgan fingerprint density at radius 3 is 2.67 bits per heavy atom. The van der Waals surface area contributed by atoms with Crippen LogP contribution >= 0.6 is 0 Å². The summed E-state index contributed by atoms with van der Waals surface area (Å²) < 4.78 is 6.70. The van der Waals surface area contributed by atoms with Gasteiger partial charge in [0.15, 0.2) is 5.89 Å². The van der Waals surface area contributed by atoms with E-state index in [-0.39, 0.29) is 11.7 Å². The topological polar surface area (TPSA) is 98.7 Å². The van der Waals surface area contributed by atoms with Crippen LogP contribution in [0, 0.1) is 13.8 Å². The Hall–Kier alpha value is -3.03. The van der Waals surface area contributed by atoms with Crippen molar-refractivity contribution < 1.29 is 9.21 Å². The Kier molecular flexibility index (Phi) is 3.19. The number of tetrazole rings is 1. The number of anilines is 1. The molecule has 0 aliphatic carbocycles. The van der Waals surface area contributed by atoms with Gasteiger partial charge in [-0.15, -0.1) is 0 Å². The first-order valence-electron chi connectivity index (χ1n) is 6.24. The zero-order chi connectivity index (χ0) is 14.8. The highest BCUT2D eigenvalue weighted by Gasteiger charge is 2.19. The monoisotopic (exact) mass is 284 g/mol. The molecule has 0 atom stereocenters. The van der Waals surface area contributed by atoms with Gasteiger partial charge < -0.3 is 4.42 Å². The summed E-state index contributed by atoms with van der Waals surface area (Å²) in [7, 11) is 0. The average Bonchev–Trinajstić information content (AvgIpc) is 3.06. The standard InChI is InChI=1S/C13H12N6O2/c1-8-11(21-9(2)14-8)12(20)15-13-16-17-18-19(13)10-6-4-3-5-7-10/h3-7H,1-2H3,(H,15,16,18,20). The molecular weight excluding hydrogens is 272 g/mol. The van der Waals surface area contributed by atoms with Crippen LogP contribution in [0.3, 0.4) is 0 Å². The van der Waals surface area contributed by atoms with Crippen molar-refractivity contribution in [3.63, 3.8) is 0 Å². The van der Waals surface area contributed by atoms with Crippen LogP contribution in [0.2, 0.25) is 0 Å². The molecule has 0 aliphatic heterocycles. The molecule has 1 N–H and O–H groups in total. The number of aromatic nitrogens is 5. The van der Waals surface area contributed by atoms with Crippen LogP contribution < -0.4 is 5.32 Å². The van der Waals surface area contributed by atoms with Crippen molar-refractivity contribution in [1.82, 2.24) is 25.2 Å². The molecule has 21 heavy (non-hydrogen) atoms. The third-order valence-corrected chi connectivity index (χ3v) is 2.81. The van der Waals surface area contributed by atoms with E-state index in [1.165, 1.54) is 4.68 Å². The first kappa shape index (κ1) is 13.0. The van der Waals surface area contributed by atoms with Crippen molar-refractivity contribution in [3.05, 3.63) is 47.7 Å². The highest BCUT2D eigenvalue weighted by molar-refractivity contribution is 6.02. The summed E-state index contributed by atoms with van der Waals surface area (Å²) in [5, 5.41) is 13.8. The maximum Gasteiger partial charge on any atom is 0.295 e. The molecule has 0 fully saturated rings. The van der Waals surface area contributed by atoms with Gasteiger partial charge in [0.1, 0.15) is 0 Å². The third kappa shape index (κ3) is 2.50. The highest BCUT2D eigenvalue weighted by Crippen LogP contribution is 2.14. The zero-order valence-electron chi connectivity index (χ0n) is 11.4. The minimum Gasteiger partial charge on any atom is -0.436 e. The fourth-order valence-corrected chi connectivity index (χ4v) is 1.91. The predicted octanol–water partition coefficient (Wildman–Crippen LogP) is 1.52. The quantitative estimate of drug-likeness (QED) is 0.782. The van der Waals surface area contributed by atoms with E-state index in [9.17, 15) is 4.79 Å². The molecule has 3 aromatic rings. The molecule has 3 rings (SSSR count). The van der Waals surface area contributed by atoms with Gasteiger partial charge in [0.2, 0.25) is 5.76 Å². The summed E-state index contributed by atoms with van der Waals surface area (Å²) in [6.07, 6.45) is 0. The van der Waals surface area contributed by atoms with E-state index in [1.807, 2.05) is 30.3 Å². The van der Waals surface area contributed by atoms with E-state index in [1.54, 1.807) is 13.8 Å². The van der Waals surface area contributed by atoms with Crippen molar-refractivity contribution in [2.45, 2.75) is 13.8 Å². The SMILES string of the molecule is Cc1nc(C)c(C(=O)Nc2nnnn2-c2ccccc2)o1. The van der Waals surface area contributed by atoms with Gasteiger partial charge in [0.05, 0.1) is 11.4 Å². The van der Waals surface area contributed by atoms with E-state index < -0.39 is 5.91 Å². The van der Waals surface area contributed by atoms with Gasteiger partial charge in [-0.3, -0.25) is 10.1 Å². The molecule has 0 radical (unpaired) electrons. The highest BCUT2D eigenvalue weighted by atomic mass is 16.4. The van der Waals surface area contributed by atoms with Crippen LogP contribution in [-0.2, 0) is 0 Å². The summed E-state index contributed by atoms with van der Waals surface area (Å²) >= 11 is 0. The molecule has 8 heteroatoms. The van der Waals surface area contributed by atoms with Crippen molar-refractivity contribution in [1.29, 1.82) is 0 Å². The number of hydrogen-bond donors (Lipinski definition) is 1. The number of rotatable bonds is 3. The number of nitrogens with one attached hydrogen (secondary N) is 1. The van der Waals surface area contributed by atoms with Crippen LogP contribution in [0.25, 0.3) is 5.69 Å². The normalized spacial score (nSPS) is 10.6. The Morgan fingerprint density at radius 2 is 2.00 bits per heavy atom. The first-order valence-corrected chi connectivity index (χ1v) is 6.24. The van der Waals surface area contributed by atoms with E-state index in [2.05, 4.69) is 25.8 Å². The number of amides is 1. The minimum absolute atomic E-state index is 0.148. The Labute approximate surface area is 119 Å². The predicted molar refractivity (Wildman–Crippen MR) is 73.1 cm³/mol. The van der Waals surface area contributed by atoms with Crippen LogP contribution in [0.15, 0.2) is 34.7 Å². The second-order valence-corrected chi connectivity index (χ2v) is 4.35. The molecule has 0 saturated heterocycles. The van der Waals surface area contributed by atoms with Crippen molar-refractivity contribution in [3.8, 4) is 5.69 Å². The van der Waals surface area contributed by atoms with E-state index >= 15 is 0 Å². The molecule has 2 aromatic heterocycles. The van der Waals surface area contributed by atoms with Gasteiger partial charge in [-0.05, 0) is 29.5 Å². The first-order chi connectivity index (χ1) is 10.1. The number of hydrogen-bond acceptors (Lipinski definition) is 6. The van der Waals surface area contributed by atoms with Crippen LogP contribution in [0.1, 0.15) is 22.1 Å². The lowest BCUT2D eigenvalue weighted by atomic mass is 10.3. The second kappa shape index (κ2) is 5.16. The lowest BCUT2D eigenvalue weighted by Crippen LogP contribution is -2.16. The van der Waals surface area contributed by atoms with Gasteiger partial charge in [-0.2, -0.15) is 4.68 Å². The number of oxazole rings is 1. The van der Waals surface area contributed by atoms with Gasteiger partial charge in [0, 0.05) is 6.92 Å². The van der Waals surface area contributed by atoms with E-state index in [0.717, 1.165) is 5.69 Å². The summed E-state index contributed by atoms with van der Waals surface area (Å²) in [5.74, 6) is 0.343. The number of carbonyl (C=O) groups is 1. The molecular formula is C13H12N6O2. The van der Waals surface area contributed by atoms with E-state index in [4.69, 9.17) is 4.42 Å².